The fourth-order valence-corrected chi connectivity index (χ4v) is 4.01. The summed E-state index contributed by atoms with van der Waals surface area (Å²) in [5, 5.41) is 7.59. The molecule has 0 heterocycles. The molecule has 0 bridgehead atoms. The first kappa shape index (κ1) is 26.0. The normalized spacial score (nSPS) is 14.9. The monoisotopic (exact) mass is 458 g/mol. The van der Waals surface area contributed by atoms with E-state index in [1.165, 1.54) is 38.6 Å². The first-order valence-corrected chi connectivity index (χ1v) is 9.40. The fourth-order valence-electron chi connectivity index (χ4n) is 4.01. The van der Waals surface area contributed by atoms with E-state index in [2.05, 4.69) is 94.4 Å². The van der Waals surface area contributed by atoms with Gasteiger partial charge in [-0.3, -0.25) is 0 Å². The second kappa shape index (κ2) is 10.3. The number of halogens is 2. The number of hydrogen-bond acceptors (Lipinski definition) is 0. The van der Waals surface area contributed by atoms with Crippen molar-refractivity contribution in [2.45, 2.75) is 45.7 Å². The zero-order valence-corrected chi connectivity index (χ0v) is 20.4. The van der Waals surface area contributed by atoms with E-state index >= 15 is 0 Å². The summed E-state index contributed by atoms with van der Waals surface area (Å²) in [6.07, 6.45) is 2.33. The molecule has 3 aromatic carbocycles. The summed E-state index contributed by atoms with van der Waals surface area (Å²) in [4.78, 5) is 0. The van der Waals surface area contributed by atoms with Gasteiger partial charge in [0.05, 0.1) is 0 Å². The van der Waals surface area contributed by atoms with Crippen LogP contribution < -0.4 is 24.8 Å². The summed E-state index contributed by atoms with van der Waals surface area (Å²) in [5.41, 5.74) is 6.91. The van der Waals surface area contributed by atoms with Gasteiger partial charge in [0.15, 0.2) is 0 Å². The summed E-state index contributed by atoms with van der Waals surface area (Å²) < 4.78 is 0. The van der Waals surface area contributed by atoms with Crippen LogP contribution in [0, 0.1) is 0 Å². The van der Waals surface area contributed by atoms with Crippen LogP contribution in [-0.2, 0) is 28.3 Å². The molecule has 0 amide bonds. The van der Waals surface area contributed by atoms with Crippen LogP contribution in [0.1, 0.15) is 55.9 Å². The summed E-state index contributed by atoms with van der Waals surface area (Å²) in [6.45, 7) is 9.53. The van der Waals surface area contributed by atoms with Crippen LogP contribution in [0.15, 0.2) is 66.2 Å². The average Bonchev–Trinajstić information content (AvgIpc) is 2.94. The molecule has 0 aliphatic heterocycles. The van der Waals surface area contributed by atoms with Crippen molar-refractivity contribution in [1.29, 1.82) is 0 Å². The minimum Gasteiger partial charge on any atom is -1.00 e. The SMILES string of the molecule is CC1=Cc2ccccc2C1c1ccc2ccccc2c1C[N-]C(C)(C)C.[Cl-].[Cl-].[Ti+3]. The second-order valence-electron chi connectivity index (χ2n) is 8.29. The van der Waals surface area contributed by atoms with Gasteiger partial charge in [-0.05, 0) is 34.4 Å². The molecule has 0 aromatic heterocycles. The molecule has 0 fully saturated rings. The van der Waals surface area contributed by atoms with Crippen LogP contribution in [0.4, 0.5) is 0 Å². The smallest absolute Gasteiger partial charge is 1.00 e. The molecule has 1 aliphatic carbocycles. The molecular weight excluding hydrogens is 433 g/mol. The van der Waals surface area contributed by atoms with Crippen molar-refractivity contribution < 1.29 is 46.5 Å². The largest absolute Gasteiger partial charge is 3.00 e. The van der Waals surface area contributed by atoms with Gasteiger partial charge in [-0.2, -0.15) is 0 Å². The van der Waals surface area contributed by atoms with Gasteiger partial charge in [-0.15, -0.1) is 12.1 Å². The Hall–Kier alpha value is -1.09. The maximum Gasteiger partial charge on any atom is 3.00 e. The van der Waals surface area contributed by atoms with E-state index in [9.17, 15) is 0 Å². The predicted molar refractivity (Wildman–Crippen MR) is 113 cm³/mol. The topological polar surface area (TPSA) is 14.1 Å². The molecule has 1 atom stereocenters. The first-order chi connectivity index (χ1) is 12.4. The molecule has 0 spiro atoms. The number of benzene rings is 3. The Morgan fingerprint density at radius 2 is 1.48 bits per heavy atom. The van der Waals surface area contributed by atoms with Crippen LogP contribution in [0.5, 0.6) is 0 Å². The Morgan fingerprint density at radius 3 is 2.21 bits per heavy atom. The molecule has 4 rings (SSSR count). The number of allylic oxidation sites excluding steroid dienone is 1. The average molecular weight is 459 g/mol. The van der Waals surface area contributed by atoms with Crippen molar-refractivity contribution in [3.05, 3.63) is 93.8 Å². The number of hydrogen-bond donors (Lipinski definition) is 0. The van der Waals surface area contributed by atoms with E-state index in [0.717, 1.165) is 6.54 Å². The third kappa shape index (κ3) is 5.34. The van der Waals surface area contributed by atoms with Crippen LogP contribution in [0.2, 0.25) is 0 Å². The molecule has 0 N–H and O–H groups in total. The number of rotatable bonds is 3. The Balaban J connectivity index is 0.00000140. The third-order valence-electron chi connectivity index (χ3n) is 5.24. The van der Waals surface area contributed by atoms with E-state index in [-0.39, 0.29) is 52.1 Å². The van der Waals surface area contributed by atoms with E-state index in [4.69, 9.17) is 5.32 Å². The molecule has 0 saturated carbocycles. The number of nitrogens with zero attached hydrogens (tertiary/aromatic N) is 1. The Labute approximate surface area is 202 Å². The van der Waals surface area contributed by atoms with Crippen LogP contribution in [0.3, 0.4) is 0 Å². The van der Waals surface area contributed by atoms with Crippen molar-refractivity contribution in [3.63, 3.8) is 0 Å². The molecule has 149 valence electrons. The Kier molecular flexibility index (Phi) is 9.21. The Bertz CT molecular complexity index is 1010. The molecule has 0 saturated heterocycles. The van der Waals surface area contributed by atoms with Gasteiger partial charge >= 0.3 is 21.7 Å². The van der Waals surface area contributed by atoms with Gasteiger partial charge in [0, 0.05) is 5.92 Å². The van der Waals surface area contributed by atoms with Gasteiger partial charge < -0.3 is 30.1 Å². The van der Waals surface area contributed by atoms with Crippen LogP contribution >= 0.6 is 0 Å². The summed E-state index contributed by atoms with van der Waals surface area (Å²) in [7, 11) is 0. The maximum atomic E-state index is 4.97. The van der Waals surface area contributed by atoms with Crippen molar-refractivity contribution in [2.75, 3.05) is 0 Å². The van der Waals surface area contributed by atoms with Gasteiger partial charge in [0.1, 0.15) is 0 Å². The van der Waals surface area contributed by atoms with E-state index < -0.39 is 0 Å². The van der Waals surface area contributed by atoms with E-state index in [1.807, 2.05) is 0 Å². The standard InChI is InChI=1S/C25H26N.2ClH.Ti/c1-17-15-19-10-6-8-12-21(19)24(17)22-14-13-18-9-5-7-11-20(18)23(22)16-26-25(2,3)4;;;/h5-15,24H,16H2,1-4H3;2*1H;/q-1;;;+3/p-2. The van der Waals surface area contributed by atoms with Crippen molar-refractivity contribution in [2.24, 2.45) is 0 Å². The predicted octanol–water partition coefficient (Wildman–Crippen LogP) is 1.07. The zero-order valence-electron chi connectivity index (χ0n) is 17.3. The molecule has 1 aliphatic rings. The van der Waals surface area contributed by atoms with Gasteiger partial charge in [0.2, 0.25) is 0 Å². The summed E-state index contributed by atoms with van der Waals surface area (Å²) >= 11 is 0. The van der Waals surface area contributed by atoms with Gasteiger partial charge in [-0.25, -0.2) is 0 Å². The molecule has 1 nitrogen and oxygen atoms in total. The minimum atomic E-state index is -0.0350. The summed E-state index contributed by atoms with van der Waals surface area (Å²) in [6, 6.07) is 22.0. The minimum absolute atomic E-state index is 0. The van der Waals surface area contributed by atoms with Crippen molar-refractivity contribution >= 4 is 16.8 Å². The molecule has 3 aromatic rings. The molecule has 1 unspecified atom stereocenters. The molecule has 29 heavy (non-hydrogen) atoms. The van der Waals surface area contributed by atoms with Crippen molar-refractivity contribution in [3.8, 4) is 0 Å². The van der Waals surface area contributed by atoms with Gasteiger partial charge in [0.25, 0.3) is 0 Å². The quantitative estimate of drug-likeness (QED) is 0.521. The van der Waals surface area contributed by atoms with Crippen molar-refractivity contribution in [1.82, 2.24) is 0 Å². The summed E-state index contributed by atoms with van der Waals surface area (Å²) in [5.74, 6) is 0.334. The number of fused-ring (bicyclic) bond motifs is 2. The third-order valence-corrected chi connectivity index (χ3v) is 5.24. The Morgan fingerprint density at radius 1 is 0.828 bits per heavy atom. The second-order valence-corrected chi connectivity index (χ2v) is 8.29. The molecule has 4 heteroatoms. The van der Waals surface area contributed by atoms with Crippen LogP contribution in [-0.4, -0.2) is 5.54 Å². The van der Waals surface area contributed by atoms with Gasteiger partial charge in [-0.1, -0.05) is 98.6 Å². The molecule has 1 radical (unpaired) electrons. The first-order valence-electron chi connectivity index (χ1n) is 9.40. The molecular formula is C25H26Cl2NTi. The van der Waals surface area contributed by atoms with E-state index in [1.54, 1.807) is 0 Å². The zero-order chi connectivity index (χ0) is 18.3. The fraction of sp³-hybridized carbons (Fsp3) is 0.280. The van der Waals surface area contributed by atoms with E-state index in [0.29, 0.717) is 5.92 Å². The van der Waals surface area contributed by atoms with Crippen LogP contribution in [0.25, 0.3) is 22.2 Å². The maximum absolute atomic E-state index is 4.97.